The van der Waals surface area contributed by atoms with Crippen molar-refractivity contribution < 1.29 is 5.11 Å². The van der Waals surface area contributed by atoms with Gasteiger partial charge in [-0.15, -0.1) is 11.6 Å². The molecule has 0 amide bonds. The molecule has 0 heterocycles. The summed E-state index contributed by atoms with van der Waals surface area (Å²) in [6, 6.07) is 7.25. The molecule has 1 unspecified atom stereocenters. The molecule has 0 fully saturated rings. The maximum Gasteiger partial charge on any atom is 0.115 e. The van der Waals surface area contributed by atoms with Crippen molar-refractivity contribution in [2.24, 2.45) is 10.7 Å². The van der Waals surface area contributed by atoms with Crippen molar-refractivity contribution >= 4 is 23.1 Å². The lowest BCUT2D eigenvalue weighted by Crippen LogP contribution is -2.12. The van der Waals surface area contributed by atoms with Crippen molar-refractivity contribution in [3.63, 3.8) is 0 Å². The number of alkyl halides is 1. The van der Waals surface area contributed by atoms with Gasteiger partial charge in [0.1, 0.15) is 5.84 Å². The van der Waals surface area contributed by atoms with Crippen LogP contribution in [0.5, 0.6) is 0 Å². The van der Waals surface area contributed by atoms with E-state index >= 15 is 0 Å². The smallest absolute Gasteiger partial charge is 0.115 e. The summed E-state index contributed by atoms with van der Waals surface area (Å²) in [6.45, 7) is 1.70. The van der Waals surface area contributed by atoms with Crippen molar-refractivity contribution in [3.8, 4) is 0 Å². The van der Waals surface area contributed by atoms with Crippen LogP contribution in [0.25, 0.3) is 0 Å². The number of benzene rings is 1. The van der Waals surface area contributed by atoms with Gasteiger partial charge >= 0.3 is 0 Å². The molecule has 76 valence electrons. The quantitative estimate of drug-likeness (QED) is 0.457. The summed E-state index contributed by atoms with van der Waals surface area (Å²) in [6.07, 6.45) is -0.498. The van der Waals surface area contributed by atoms with Crippen LogP contribution in [0.1, 0.15) is 18.6 Å². The molecule has 0 aliphatic rings. The predicted octanol–water partition coefficient (Wildman–Crippen LogP) is 1.97. The van der Waals surface area contributed by atoms with Crippen molar-refractivity contribution in [1.29, 1.82) is 0 Å². The first kappa shape index (κ1) is 11.0. The summed E-state index contributed by atoms with van der Waals surface area (Å²) >= 11 is 5.50. The van der Waals surface area contributed by atoms with E-state index in [1.165, 1.54) is 0 Å². The van der Waals surface area contributed by atoms with E-state index in [-0.39, 0.29) is 5.88 Å². The fourth-order valence-corrected chi connectivity index (χ4v) is 1.11. The summed E-state index contributed by atoms with van der Waals surface area (Å²) in [4.78, 5) is 4.07. The first-order valence-electron chi connectivity index (χ1n) is 4.30. The third kappa shape index (κ3) is 3.01. The van der Waals surface area contributed by atoms with E-state index in [4.69, 9.17) is 17.3 Å². The minimum Gasteiger partial charge on any atom is -0.389 e. The standard InChI is InChI=1S/C10H13ClN2O/c1-7(14)8-3-2-4-9(5-8)13-10(12)6-11/h2-5,7,14H,6H2,1H3,(H2,12,13). The number of nitrogens with two attached hydrogens (primary N) is 1. The Morgan fingerprint density at radius 3 is 2.93 bits per heavy atom. The molecule has 0 saturated heterocycles. The molecule has 3 N–H and O–H groups in total. The van der Waals surface area contributed by atoms with Gasteiger partial charge in [0.05, 0.1) is 17.7 Å². The van der Waals surface area contributed by atoms with Gasteiger partial charge in [0.2, 0.25) is 0 Å². The number of rotatable bonds is 3. The molecule has 1 aromatic carbocycles. The molecule has 1 rings (SSSR count). The lowest BCUT2D eigenvalue weighted by molar-refractivity contribution is 0.199. The van der Waals surface area contributed by atoms with Crippen molar-refractivity contribution in [3.05, 3.63) is 29.8 Å². The zero-order valence-corrected chi connectivity index (χ0v) is 8.70. The first-order valence-corrected chi connectivity index (χ1v) is 4.84. The molecule has 3 nitrogen and oxygen atoms in total. The predicted molar refractivity (Wildman–Crippen MR) is 59.1 cm³/mol. The van der Waals surface area contributed by atoms with Crippen LogP contribution in [0.4, 0.5) is 5.69 Å². The molecule has 0 saturated carbocycles. The highest BCUT2D eigenvalue weighted by Gasteiger charge is 2.00. The van der Waals surface area contributed by atoms with E-state index in [2.05, 4.69) is 4.99 Å². The van der Waals surface area contributed by atoms with Crippen LogP contribution >= 0.6 is 11.6 Å². The number of hydrogen-bond donors (Lipinski definition) is 2. The average molecular weight is 213 g/mol. The Bertz CT molecular complexity index is 337. The highest BCUT2D eigenvalue weighted by molar-refractivity contribution is 6.28. The number of amidine groups is 1. The first-order chi connectivity index (χ1) is 6.63. The summed E-state index contributed by atoms with van der Waals surface area (Å²) in [5.74, 6) is 0.577. The normalized spacial score (nSPS) is 14.1. The fraction of sp³-hybridized carbons (Fsp3) is 0.300. The second-order valence-electron chi connectivity index (χ2n) is 3.01. The maximum atomic E-state index is 9.33. The number of hydrogen-bond acceptors (Lipinski definition) is 2. The second-order valence-corrected chi connectivity index (χ2v) is 3.27. The van der Waals surface area contributed by atoms with Gasteiger partial charge in [0.25, 0.3) is 0 Å². The minimum atomic E-state index is -0.498. The van der Waals surface area contributed by atoms with Crippen molar-refractivity contribution in [1.82, 2.24) is 0 Å². The zero-order valence-electron chi connectivity index (χ0n) is 7.94. The number of aliphatic imine (C=N–C) groups is 1. The van der Waals surface area contributed by atoms with Crippen LogP contribution in [-0.4, -0.2) is 16.8 Å². The van der Waals surface area contributed by atoms with E-state index in [0.29, 0.717) is 11.5 Å². The molecule has 1 aromatic rings. The molecule has 0 spiro atoms. The molecule has 4 heteroatoms. The zero-order chi connectivity index (χ0) is 10.6. The Morgan fingerprint density at radius 2 is 2.36 bits per heavy atom. The van der Waals surface area contributed by atoms with E-state index in [9.17, 15) is 5.11 Å². The summed E-state index contributed by atoms with van der Waals surface area (Å²) in [5.41, 5.74) is 7.01. The van der Waals surface area contributed by atoms with Gasteiger partial charge in [-0.2, -0.15) is 0 Å². The molecular weight excluding hydrogens is 200 g/mol. The molecule has 14 heavy (non-hydrogen) atoms. The molecule has 0 bridgehead atoms. The monoisotopic (exact) mass is 212 g/mol. The number of nitrogens with zero attached hydrogens (tertiary/aromatic N) is 1. The van der Waals surface area contributed by atoms with Gasteiger partial charge in [0.15, 0.2) is 0 Å². The fourth-order valence-electron chi connectivity index (χ4n) is 1.05. The second kappa shape index (κ2) is 4.98. The maximum absolute atomic E-state index is 9.33. The lowest BCUT2D eigenvalue weighted by atomic mass is 10.1. The highest BCUT2D eigenvalue weighted by Crippen LogP contribution is 2.19. The Balaban J connectivity index is 2.94. The van der Waals surface area contributed by atoms with E-state index in [1.807, 2.05) is 18.2 Å². The summed E-state index contributed by atoms with van der Waals surface area (Å²) < 4.78 is 0. The third-order valence-corrected chi connectivity index (χ3v) is 2.04. The van der Waals surface area contributed by atoms with Gasteiger partial charge in [-0.05, 0) is 24.6 Å². The van der Waals surface area contributed by atoms with Gasteiger partial charge in [0, 0.05) is 0 Å². The van der Waals surface area contributed by atoms with Crippen molar-refractivity contribution in [2.45, 2.75) is 13.0 Å². The average Bonchev–Trinajstić information content (AvgIpc) is 2.18. The van der Waals surface area contributed by atoms with Gasteiger partial charge in [-0.25, -0.2) is 4.99 Å². The summed E-state index contributed by atoms with van der Waals surface area (Å²) in [5, 5.41) is 9.33. The van der Waals surface area contributed by atoms with Crippen LogP contribution in [0.2, 0.25) is 0 Å². The lowest BCUT2D eigenvalue weighted by Gasteiger charge is -2.04. The molecule has 0 aliphatic carbocycles. The Hall–Kier alpha value is -1.06. The van der Waals surface area contributed by atoms with Gasteiger partial charge in [-0.3, -0.25) is 0 Å². The number of aliphatic hydroxyl groups is 1. The van der Waals surface area contributed by atoms with Crippen LogP contribution < -0.4 is 5.73 Å². The third-order valence-electron chi connectivity index (χ3n) is 1.76. The number of aliphatic hydroxyl groups excluding tert-OH is 1. The SMILES string of the molecule is CC(O)c1cccc(N=C(N)CCl)c1. The van der Waals surface area contributed by atoms with Crippen LogP contribution in [-0.2, 0) is 0 Å². The number of halogens is 1. The highest BCUT2D eigenvalue weighted by atomic mass is 35.5. The van der Waals surface area contributed by atoms with Crippen LogP contribution in [0.3, 0.4) is 0 Å². The van der Waals surface area contributed by atoms with Gasteiger partial charge < -0.3 is 10.8 Å². The van der Waals surface area contributed by atoms with E-state index in [0.717, 1.165) is 5.56 Å². The molecular formula is C10H13ClN2O. The topological polar surface area (TPSA) is 58.6 Å². The molecule has 0 aromatic heterocycles. The minimum absolute atomic E-state index is 0.207. The van der Waals surface area contributed by atoms with Crippen LogP contribution in [0.15, 0.2) is 29.3 Å². The summed E-state index contributed by atoms with van der Waals surface area (Å²) in [7, 11) is 0. The van der Waals surface area contributed by atoms with E-state index in [1.54, 1.807) is 13.0 Å². The van der Waals surface area contributed by atoms with Gasteiger partial charge in [-0.1, -0.05) is 12.1 Å². The molecule has 1 atom stereocenters. The van der Waals surface area contributed by atoms with E-state index < -0.39 is 6.10 Å². The molecule has 0 aliphatic heterocycles. The Labute approximate surface area is 88.2 Å². The van der Waals surface area contributed by atoms with Crippen molar-refractivity contribution in [2.75, 3.05) is 5.88 Å². The Morgan fingerprint density at radius 1 is 1.64 bits per heavy atom. The van der Waals surface area contributed by atoms with Crippen LogP contribution in [0, 0.1) is 0 Å². The largest absolute Gasteiger partial charge is 0.389 e. The molecule has 0 radical (unpaired) electrons. The Kier molecular flexibility index (Phi) is 3.92.